The van der Waals surface area contributed by atoms with E-state index >= 15 is 0 Å². The number of benzene rings is 2. The van der Waals surface area contributed by atoms with Crippen LogP contribution in [0.2, 0.25) is 5.02 Å². The van der Waals surface area contributed by atoms with Crippen LogP contribution in [0.25, 0.3) is 0 Å². The number of nitrogens with one attached hydrogen (secondary N) is 1. The van der Waals surface area contributed by atoms with Gasteiger partial charge in [0.1, 0.15) is 17.5 Å². The van der Waals surface area contributed by atoms with Gasteiger partial charge in [-0.25, -0.2) is 8.78 Å². The first-order valence-corrected chi connectivity index (χ1v) is 10.4. The van der Waals surface area contributed by atoms with Crippen LogP contribution in [-0.4, -0.2) is 15.5 Å². The number of hydrogen-bond acceptors (Lipinski definition) is 4. The van der Waals surface area contributed by atoms with E-state index < -0.39 is 23.1 Å². The largest absolute Gasteiger partial charge is 0.312 e. The smallest absolute Gasteiger partial charge is 0.279 e. The highest BCUT2D eigenvalue weighted by Crippen LogP contribution is 2.36. The number of hydrogen-bond donors (Lipinski definition) is 1. The molecule has 9 heteroatoms. The topological polar surface area (TPSA) is 64.0 Å². The van der Waals surface area contributed by atoms with Crippen molar-refractivity contribution in [3.63, 3.8) is 0 Å². The van der Waals surface area contributed by atoms with Gasteiger partial charge in [0.25, 0.3) is 5.56 Å². The van der Waals surface area contributed by atoms with E-state index in [0.717, 1.165) is 23.8 Å². The molecule has 2 heterocycles. The van der Waals surface area contributed by atoms with E-state index in [1.54, 1.807) is 23.7 Å². The maximum Gasteiger partial charge on any atom is 0.279 e. The van der Waals surface area contributed by atoms with Gasteiger partial charge in [0.2, 0.25) is 5.91 Å². The first kappa shape index (κ1) is 20.6. The molecule has 0 bridgehead atoms. The maximum atomic E-state index is 13.7. The summed E-state index contributed by atoms with van der Waals surface area (Å²) in [5, 5.41) is 3.76. The molecular weight excluding hydrogens is 432 g/mol. The predicted octanol–water partition coefficient (Wildman–Crippen LogP) is 4.48. The van der Waals surface area contributed by atoms with Gasteiger partial charge in [-0.05, 0) is 35.4 Å². The van der Waals surface area contributed by atoms with Crippen LogP contribution in [-0.2, 0) is 17.6 Å². The summed E-state index contributed by atoms with van der Waals surface area (Å²) < 4.78 is 29.1. The molecule has 0 fully saturated rings. The highest BCUT2D eigenvalue weighted by atomic mass is 35.5. The fourth-order valence-corrected chi connectivity index (χ4v) is 4.50. The van der Waals surface area contributed by atoms with E-state index in [2.05, 4.69) is 10.3 Å². The molecule has 1 N–H and O–H groups in total. The van der Waals surface area contributed by atoms with Crippen molar-refractivity contribution >= 4 is 35.1 Å². The Morgan fingerprint density at radius 1 is 1.17 bits per heavy atom. The van der Waals surface area contributed by atoms with Gasteiger partial charge in [0.15, 0.2) is 5.16 Å². The normalized spacial score (nSPS) is 15.6. The molecule has 0 spiro atoms. The number of rotatable bonds is 4. The number of thioether (sulfide) groups is 1. The maximum absolute atomic E-state index is 13.7. The molecule has 30 heavy (non-hydrogen) atoms. The molecule has 1 aromatic heterocycles. The lowest BCUT2D eigenvalue weighted by Gasteiger charge is -2.27. The SMILES string of the molecule is Cn1c(SCc2ccc(Cl)cc2)nc(=O)c2c1NC(=O)C[C@H]2c1cc(F)cc(F)c1. The lowest BCUT2D eigenvalue weighted by Crippen LogP contribution is -2.33. The zero-order valence-electron chi connectivity index (χ0n) is 15.8. The van der Waals surface area contributed by atoms with Crippen LogP contribution in [0.15, 0.2) is 52.4 Å². The molecule has 1 aliphatic rings. The minimum atomic E-state index is -0.777. The molecule has 1 atom stereocenters. The number of anilines is 1. The third-order valence-electron chi connectivity index (χ3n) is 4.87. The van der Waals surface area contributed by atoms with Gasteiger partial charge in [-0.15, -0.1) is 0 Å². The number of aromatic nitrogens is 2. The van der Waals surface area contributed by atoms with E-state index in [0.29, 0.717) is 21.7 Å². The number of nitrogens with zero attached hydrogens (tertiary/aromatic N) is 2. The predicted molar refractivity (Wildman–Crippen MR) is 112 cm³/mol. The first-order chi connectivity index (χ1) is 14.3. The average molecular weight is 448 g/mol. The summed E-state index contributed by atoms with van der Waals surface area (Å²) >= 11 is 7.23. The van der Waals surface area contributed by atoms with Gasteiger partial charge in [-0.3, -0.25) is 9.59 Å². The summed E-state index contributed by atoms with van der Waals surface area (Å²) in [7, 11) is 1.68. The zero-order chi connectivity index (χ0) is 21.4. The minimum absolute atomic E-state index is 0.0932. The third kappa shape index (κ3) is 4.11. The summed E-state index contributed by atoms with van der Waals surface area (Å²) in [4.78, 5) is 29.3. The summed E-state index contributed by atoms with van der Waals surface area (Å²) in [6.07, 6.45) is -0.0932. The Balaban J connectivity index is 1.72. The average Bonchev–Trinajstić information content (AvgIpc) is 2.69. The second-order valence-corrected chi connectivity index (χ2v) is 8.32. The standard InChI is InChI=1S/C21H16ClF2N3O2S/c1-27-19-18(16(9-17(28)25-19)12-6-14(23)8-15(24)7-12)20(29)26-21(27)30-10-11-2-4-13(22)5-3-11/h2-8,16H,9-10H2,1H3,(H,25,28)/t16-/m0/s1. The van der Waals surface area contributed by atoms with Crippen molar-refractivity contribution in [2.45, 2.75) is 23.2 Å². The molecule has 0 aliphatic carbocycles. The summed E-state index contributed by atoms with van der Waals surface area (Å²) in [5.41, 5.74) is 0.909. The molecule has 4 rings (SSSR count). The molecule has 1 amide bonds. The van der Waals surface area contributed by atoms with Crippen LogP contribution in [0, 0.1) is 11.6 Å². The van der Waals surface area contributed by atoms with Gasteiger partial charge in [-0.1, -0.05) is 35.5 Å². The van der Waals surface area contributed by atoms with Gasteiger partial charge in [0.05, 0.1) is 5.56 Å². The molecule has 3 aromatic rings. The molecule has 154 valence electrons. The van der Waals surface area contributed by atoms with Crippen molar-refractivity contribution < 1.29 is 13.6 Å². The minimum Gasteiger partial charge on any atom is -0.312 e. The van der Waals surface area contributed by atoms with Crippen LogP contribution in [0.3, 0.4) is 0 Å². The van der Waals surface area contributed by atoms with Crippen molar-refractivity contribution in [2.75, 3.05) is 5.32 Å². The molecule has 1 aliphatic heterocycles. The van der Waals surface area contributed by atoms with Crippen molar-refractivity contribution in [3.05, 3.63) is 86.2 Å². The number of amides is 1. The van der Waals surface area contributed by atoms with Gasteiger partial charge >= 0.3 is 0 Å². The van der Waals surface area contributed by atoms with Crippen molar-refractivity contribution in [3.8, 4) is 0 Å². The molecule has 5 nitrogen and oxygen atoms in total. The van der Waals surface area contributed by atoms with Crippen LogP contribution in [0.4, 0.5) is 14.6 Å². The van der Waals surface area contributed by atoms with Gasteiger partial charge in [-0.2, -0.15) is 4.98 Å². The van der Waals surface area contributed by atoms with E-state index in [1.165, 1.54) is 11.8 Å². The van der Waals surface area contributed by atoms with E-state index in [9.17, 15) is 18.4 Å². The lowest BCUT2D eigenvalue weighted by atomic mass is 9.86. The monoisotopic (exact) mass is 447 g/mol. The summed E-state index contributed by atoms with van der Waals surface area (Å²) in [6, 6.07) is 10.3. The second kappa shape index (κ2) is 8.20. The van der Waals surface area contributed by atoms with E-state index in [-0.39, 0.29) is 23.5 Å². The van der Waals surface area contributed by atoms with E-state index in [1.807, 2.05) is 12.1 Å². The van der Waals surface area contributed by atoms with Gasteiger partial charge < -0.3 is 9.88 Å². The molecule has 2 aromatic carbocycles. The van der Waals surface area contributed by atoms with Crippen LogP contribution >= 0.6 is 23.4 Å². The third-order valence-corrected chi connectivity index (χ3v) is 6.22. The van der Waals surface area contributed by atoms with Crippen LogP contribution < -0.4 is 10.9 Å². The summed E-state index contributed by atoms with van der Waals surface area (Å²) in [5.74, 6) is -1.81. The summed E-state index contributed by atoms with van der Waals surface area (Å²) in [6.45, 7) is 0. The Morgan fingerprint density at radius 2 is 1.83 bits per heavy atom. The van der Waals surface area contributed by atoms with E-state index in [4.69, 9.17) is 11.6 Å². The van der Waals surface area contributed by atoms with Crippen molar-refractivity contribution in [1.82, 2.24) is 9.55 Å². The molecule has 0 radical (unpaired) electrons. The Hall–Kier alpha value is -2.71. The Kier molecular flexibility index (Phi) is 5.62. The number of fused-ring (bicyclic) bond motifs is 1. The first-order valence-electron chi connectivity index (χ1n) is 9.06. The quantitative estimate of drug-likeness (QED) is 0.473. The Morgan fingerprint density at radius 3 is 2.50 bits per heavy atom. The Labute approximate surface area is 180 Å². The highest BCUT2D eigenvalue weighted by Gasteiger charge is 2.32. The van der Waals surface area contributed by atoms with Crippen molar-refractivity contribution in [1.29, 1.82) is 0 Å². The Bertz CT molecular complexity index is 1180. The number of carbonyl (C=O) groups is 1. The molecule has 0 saturated heterocycles. The fraction of sp³-hybridized carbons (Fsp3) is 0.190. The van der Waals surface area contributed by atoms with Gasteiger partial charge in [0, 0.05) is 36.2 Å². The second-order valence-electron chi connectivity index (χ2n) is 6.94. The van der Waals surface area contributed by atoms with Crippen LogP contribution in [0.5, 0.6) is 0 Å². The van der Waals surface area contributed by atoms with Crippen LogP contribution in [0.1, 0.15) is 29.0 Å². The highest BCUT2D eigenvalue weighted by molar-refractivity contribution is 7.98. The molecular formula is C21H16ClF2N3O2S. The number of carbonyl (C=O) groups excluding carboxylic acids is 1. The number of halogens is 3. The zero-order valence-corrected chi connectivity index (χ0v) is 17.4. The van der Waals surface area contributed by atoms with Crippen molar-refractivity contribution in [2.24, 2.45) is 7.05 Å². The molecule has 0 saturated carbocycles. The lowest BCUT2D eigenvalue weighted by molar-refractivity contribution is -0.116. The fourth-order valence-electron chi connectivity index (χ4n) is 3.45. The molecule has 0 unspecified atom stereocenters.